The molecule has 1 aromatic carbocycles. The molecule has 116 valence electrons. The normalized spacial score (nSPS) is 30.7. The van der Waals surface area contributed by atoms with Crippen LogP contribution in [0.5, 0.6) is 0 Å². The van der Waals surface area contributed by atoms with Gasteiger partial charge in [-0.15, -0.1) is 5.10 Å². The van der Waals surface area contributed by atoms with Gasteiger partial charge < -0.3 is 14.6 Å². The second-order valence-corrected chi connectivity index (χ2v) is 6.00. The predicted octanol–water partition coefficient (Wildman–Crippen LogP) is 1.78. The second kappa shape index (κ2) is 4.99. The first kappa shape index (κ1) is 14.1. The highest BCUT2D eigenvalue weighted by atomic mass is 35.5. The zero-order valence-electron chi connectivity index (χ0n) is 11.4. The van der Waals surface area contributed by atoms with Gasteiger partial charge in [0.2, 0.25) is 0 Å². The fourth-order valence-corrected chi connectivity index (χ4v) is 3.07. The highest BCUT2D eigenvalue weighted by molar-refractivity contribution is 6.30. The van der Waals surface area contributed by atoms with Crippen LogP contribution < -0.4 is 0 Å². The number of nitrogens with zero attached hydrogens (tertiary/aromatic N) is 3. The molecule has 1 N–H and O–H groups in total. The lowest BCUT2D eigenvalue weighted by atomic mass is 9.90. The summed E-state index contributed by atoms with van der Waals surface area (Å²) >= 11 is 5.84. The summed E-state index contributed by atoms with van der Waals surface area (Å²) in [7, 11) is 0. The number of aromatic nitrogens is 3. The van der Waals surface area contributed by atoms with E-state index in [0.29, 0.717) is 30.8 Å². The van der Waals surface area contributed by atoms with Crippen molar-refractivity contribution >= 4 is 11.6 Å². The van der Waals surface area contributed by atoms with Crippen molar-refractivity contribution in [2.45, 2.75) is 30.8 Å². The van der Waals surface area contributed by atoms with E-state index >= 15 is 0 Å². The van der Waals surface area contributed by atoms with Crippen LogP contribution in [0.25, 0.3) is 5.69 Å². The van der Waals surface area contributed by atoms with Gasteiger partial charge in [-0.05, 0) is 31.0 Å². The standard InChI is InChI=1S/C14H13ClFN3O3/c15-8-3-9(16)5-10(4-8)19-6-12(17-18-19)14(20)2-1-11-7-21-13(14)22-11/h3-6,11,13,20H,1-2,7H2/t11-,13+,14?/m0/s1. The quantitative estimate of drug-likeness (QED) is 0.911. The van der Waals surface area contributed by atoms with Gasteiger partial charge in [-0.25, -0.2) is 9.07 Å². The smallest absolute Gasteiger partial charge is 0.192 e. The molecule has 4 rings (SSSR count). The molecule has 2 saturated heterocycles. The molecule has 1 unspecified atom stereocenters. The van der Waals surface area contributed by atoms with E-state index in [-0.39, 0.29) is 11.1 Å². The first-order valence-corrected chi connectivity index (χ1v) is 7.31. The van der Waals surface area contributed by atoms with Gasteiger partial charge >= 0.3 is 0 Å². The van der Waals surface area contributed by atoms with Crippen molar-refractivity contribution in [3.63, 3.8) is 0 Å². The van der Waals surface area contributed by atoms with E-state index in [1.807, 2.05) is 0 Å². The number of halogens is 2. The third-order valence-electron chi connectivity index (χ3n) is 4.04. The summed E-state index contributed by atoms with van der Waals surface area (Å²) in [6, 6.07) is 4.05. The number of ether oxygens (including phenoxy) is 2. The lowest BCUT2D eigenvalue weighted by Crippen LogP contribution is -2.44. The van der Waals surface area contributed by atoms with Crippen molar-refractivity contribution in [3.8, 4) is 5.69 Å². The summed E-state index contributed by atoms with van der Waals surface area (Å²) in [4.78, 5) is 0. The SMILES string of the molecule is OC1(c2cn(-c3cc(F)cc(Cl)c3)nn2)CC[C@H]2CO[C@@H]1O2. The summed E-state index contributed by atoms with van der Waals surface area (Å²) in [5.74, 6) is -0.471. The van der Waals surface area contributed by atoms with E-state index in [2.05, 4.69) is 10.3 Å². The average Bonchev–Trinajstić information content (AvgIpc) is 3.11. The van der Waals surface area contributed by atoms with Crippen LogP contribution in [-0.4, -0.2) is 39.1 Å². The third kappa shape index (κ3) is 2.21. The Morgan fingerprint density at radius 3 is 3.09 bits per heavy atom. The summed E-state index contributed by atoms with van der Waals surface area (Å²) in [5, 5.41) is 19.0. The lowest BCUT2D eigenvalue weighted by Gasteiger charge is -2.34. The maximum atomic E-state index is 13.4. The highest BCUT2D eigenvalue weighted by Gasteiger charge is 2.51. The van der Waals surface area contributed by atoms with Crippen LogP contribution in [0.15, 0.2) is 24.4 Å². The lowest BCUT2D eigenvalue weighted by molar-refractivity contribution is -0.219. The Balaban J connectivity index is 1.69. The van der Waals surface area contributed by atoms with E-state index in [9.17, 15) is 9.50 Å². The van der Waals surface area contributed by atoms with Crippen molar-refractivity contribution in [1.29, 1.82) is 0 Å². The third-order valence-corrected chi connectivity index (χ3v) is 4.25. The molecule has 2 fully saturated rings. The van der Waals surface area contributed by atoms with Crippen LogP contribution in [0.1, 0.15) is 18.5 Å². The second-order valence-electron chi connectivity index (χ2n) is 5.56. The molecule has 0 saturated carbocycles. The Bertz CT molecular complexity index is 705. The molecule has 0 radical (unpaired) electrons. The Kier molecular flexibility index (Phi) is 3.19. The average molecular weight is 326 g/mol. The number of hydrogen-bond donors (Lipinski definition) is 1. The molecule has 0 amide bonds. The molecule has 2 bridgehead atoms. The minimum atomic E-state index is -1.34. The first-order valence-electron chi connectivity index (χ1n) is 6.93. The summed E-state index contributed by atoms with van der Waals surface area (Å²) in [6.07, 6.45) is 1.99. The molecular formula is C14H13ClFN3O3. The van der Waals surface area contributed by atoms with E-state index in [0.717, 1.165) is 0 Å². The maximum absolute atomic E-state index is 13.4. The fourth-order valence-electron chi connectivity index (χ4n) is 2.86. The van der Waals surface area contributed by atoms with Gasteiger partial charge in [-0.2, -0.15) is 0 Å². The molecule has 8 heteroatoms. The number of hydrogen-bond acceptors (Lipinski definition) is 5. The zero-order valence-corrected chi connectivity index (χ0v) is 12.2. The fraction of sp³-hybridized carbons (Fsp3) is 0.429. The first-order chi connectivity index (χ1) is 10.5. The van der Waals surface area contributed by atoms with Gasteiger partial charge in [0.1, 0.15) is 11.5 Å². The highest BCUT2D eigenvalue weighted by Crippen LogP contribution is 2.41. The Morgan fingerprint density at radius 1 is 1.41 bits per heavy atom. The van der Waals surface area contributed by atoms with Crippen LogP contribution in [0.4, 0.5) is 4.39 Å². The van der Waals surface area contributed by atoms with E-state index in [4.69, 9.17) is 21.1 Å². The summed E-state index contributed by atoms with van der Waals surface area (Å²) in [5.41, 5.74) is -0.588. The van der Waals surface area contributed by atoms with Crippen LogP contribution in [0.3, 0.4) is 0 Å². The maximum Gasteiger partial charge on any atom is 0.192 e. The van der Waals surface area contributed by atoms with Crippen molar-refractivity contribution in [2.24, 2.45) is 0 Å². The molecule has 6 nitrogen and oxygen atoms in total. The van der Waals surface area contributed by atoms with Crippen LogP contribution in [0, 0.1) is 5.82 Å². The van der Waals surface area contributed by atoms with E-state index in [1.54, 1.807) is 6.07 Å². The minimum absolute atomic E-state index is 0.0299. The molecular weight excluding hydrogens is 313 g/mol. The van der Waals surface area contributed by atoms with Gasteiger partial charge in [0.15, 0.2) is 11.9 Å². The van der Waals surface area contributed by atoms with Crippen LogP contribution in [0.2, 0.25) is 5.02 Å². The van der Waals surface area contributed by atoms with Crippen molar-refractivity contribution < 1.29 is 19.0 Å². The molecule has 3 atom stereocenters. The molecule has 3 heterocycles. The monoisotopic (exact) mass is 325 g/mol. The molecule has 2 aromatic rings. The summed E-state index contributed by atoms with van der Waals surface area (Å²) < 4.78 is 25.9. The van der Waals surface area contributed by atoms with Gasteiger partial charge in [0, 0.05) is 5.02 Å². The number of fused-ring (bicyclic) bond motifs is 2. The molecule has 22 heavy (non-hydrogen) atoms. The van der Waals surface area contributed by atoms with Crippen molar-refractivity contribution in [1.82, 2.24) is 15.0 Å². The van der Waals surface area contributed by atoms with Crippen molar-refractivity contribution in [2.75, 3.05) is 6.61 Å². The molecule has 0 spiro atoms. The van der Waals surface area contributed by atoms with Gasteiger partial charge in [-0.1, -0.05) is 16.8 Å². The number of benzene rings is 1. The van der Waals surface area contributed by atoms with E-state index < -0.39 is 17.7 Å². The van der Waals surface area contributed by atoms with Crippen LogP contribution >= 0.6 is 11.6 Å². The molecule has 0 aliphatic carbocycles. The largest absolute Gasteiger partial charge is 0.378 e. The Labute approximate surface area is 130 Å². The number of aliphatic hydroxyl groups is 1. The van der Waals surface area contributed by atoms with Crippen LogP contribution in [-0.2, 0) is 15.1 Å². The zero-order chi connectivity index (χ0) is 15.3. The topological polar surface area (TPSA) is 69.4 Å². The Hall–Kier alpha value is -1.54. The molecule has 2 aliphatic heterocycles. The van der Waals surface area contributed by atoms with Crippen molar-refractivity contribution in [3.05, 3.63) is 40.9 Å². The number of rotatable bonds is 2. The van der Waals surface area contributed by atoms with Gasteiger partial charge in [-0.3, -0.25) is 0 Å². The minimum Gasteiger partial charge on any atom is -0.378 e. The van der Waals surface area contributed by atoms with Gasteiger partial charge in [0.25, 0.3) is 0 Å². The van der Waals surface area contributed by atoms with E-state index in [1.165, 1.54) is 23.0 Å². The summed E-state index contributed by atoms with van der Waals surface area (Å²) in [6.45, 7) is 0.473. The van der Waals surface area contributed by atoms with Gasteiger partial charge in [0.05, 0.1) is 24.6 Å². The predicted molar refractivity (Wildman–Crippen MR) is 74.1 cm³/mol. The Morgan fingerprint density at radius 2 is 2.27 bits per heavy atom. The molecule has 1 aromatic heterocycles. The molecule has 2 aliphatic rings.